The van der Waals surface area contributed by atoms with Gasteiger partial charge in [-0.25, -0.2) is 0 Å². The quantitative estimate of drug-likeness (QED) is 0.749. The molecule has 5 heteroatoms. The van der Waals surface area contributed by atoms with E-state index in [2.05, 4.69) is 22.9 Å². The van der Waals surface area contributed by atoms with Crippen molar-refractivity contribution in [2.45, 2.75) is 39.2 Å². The Kier molecular flexibility index (Phi) is 4.95. The van der Waals surface area contributed by atoms with Crippen molar-refractivity contribution in [3.63, 3.8) is 0 Å². The molecule has 0 bridgehead atoms. The third-order valence-corrected chi connectivity index (χ3v) is 3.69. The largest absolute Gasteiger partial charge is 0.360 e. The van der Waals surface area contributed by atoms with Crippen LogP contribution in [0, 0.1) is 5.92 Å². The van der Waals surface area contributed by atoms with E-state index in [1.807, 2.05) is 24.3 Å². The number of amides is 1. The predicted molar refractivity (Wildman–Crippen MR) is 86.9 cm³/mol. The lowest BCUT2D eigenvalue weighted by molar-refractivity contribution is -0.114. The summed E-state index contributed by atoms with van der Waals surface area (Å²) in [6, 6.07) is 8.00. The van der Waals surface area contributed by atoms with Crippen LogP contribution in [-0.2, 0) is 4.79 Å². The van der Waals surface area contributed by atoms with Crippen LogP contribution in [0.5, 0.6) is 0 Å². The molecule has 3 N–H and O–H groups in total. The first-order valence-corrected chi connectivity index (χ1v) is 7.39. The van der Waals surface area contributed by atoms with Crippen LogP contribution in [0.4, 0.5) is 11.4 Å². The number of carbonyl (C=O) groups excluding carboxylic acids is 1. The molecule has 2 unspecified atom stereocenters. The van der Waals surface area contributed by atoms with Crippen molar-refractivity contribution < 1.29 is 4.79 Å². The minimum Gasteiger partial charge on any atom is -0.360 e. The van der Waals surface area contributed by atoms with Crippen LogP contribution >= 0.6 is 12.2 Å². The molecule has 0 spiro atoms. The number of hydrogen-bond acceptors (Lipinski definition) is 2. The summed E-state index contributed by atoms with van der Waals surface area (Å²) in [5.41, 5.74) is 1.64. The molecule has 1 aromatic carbocycles. The molecule has 1 saturated carbocycles. The maximum atomic E-state index is 11.0. The number of rotatable bonds is 3. The third kappa shape index (κ3) is 4.49. The molecule has 108 valence electrons. The normalized spacial score (nSPS) is 21.3. The second kappa shape index (κ2) is 6.70. The van der Waals surface area contributed by atoms with Crippen molar-refractivity contribution in [3.05, 3.63) is 24.3 Å². The van der Waals surface area contributed by atoms with Crippen molar-refractivity contribution in [1.29, 1.82) is 0 Å². The third-order valence-electron chi connectivity index (χ3n) is 3.47. The maximum Gasteiger partial charge on any atom is 0.221 e. The fraction of sp³-hybridized carbons (Fsp3) is 0.467. The minimum absolute atomic E-state index is 0.0807. The van der Waals surface area contributed by atoms with E-state index in [0.717, 1.165) is 17.3 Å². The topological polar surface area (TPSA) is 53.2 Å². The highest BCUT2D eigenvalue weighted by molar-refractivity contribution is 7.80. The number of carbonyl (C=O) groups is 1. The lowest BCUT2D eigenvalue weighted by Gasteiger charge is -2.16. The zero-order valence-corrected chi connectivity index (χ0v) is 12.7. The summed E-state index contributed by atoms with van der Waals surface area (Å²) in [6.45, 7) is 3.77. The maximum absolute atomic E-state index is 11.0. The fourth-order valence-corrected chi connectivity index (χ4v) is 2.85. The van der Waals surface area contributed by atoms with E-state index in [4.69, 9.17) is 12.2 Å². The van der Waals surface area contributed by atoms with Crippen molar-refractivity contribution in [2.24, 2.45) is 5.92 Å². The molecule has 0 aromatic heterocycles. The van der Waals surface area contributed by atoms with Gasteiger partial charge in [-0.2, -0.15) is 0 Å². The van der Waals surface area contributed by atoms with Gasteiger partial charge in [0.1, 0.15) is 0 Å². The van der Waals surface area contributed by atoms with Gasteiger partial charge < -0.3 is 16.0 Å². The lowest BCUT2D eigenvalue weighted by atomic mass is 10.1. The average molecular weight is 291 g/mol. The first-order chi connectivity index (χ1) is 9.52. The van der Waals surface area contributed by atoms with Crippen LogP contribution in [0.15, 0.2) is 24.3 Å². The fourth-order valence-electron chi connectivity index (χ4n) is 2.57. The Morgan fingerprint density at radius 1 is 1.25 bits per heavy atom. The van der Waals surface area contributed by atoms with Gasteiger partial charge in [-0.15, -0.1) is 0 Å². The highest BCUT2D eigenvalue weighted by atomic mass is 32.1. The number of thiocarbonyl (C=S) groups is 1. The van der Waals surface area contributed by atoms with Crippen molar-refractivity contribution in [3.8, 4) is 0 Å². The van der Waals surface area contributed by atoms with Gasteiger partial charge >= 0.3 is 0 Å². The lowest BCUT2D eigenvalue weighted by Crippen LogP contribution is -2.36. The molecule has 0 radical (unpaired) electrons. The SMILES string of the molecule is CC(=O)Nc1cccc(NC(=S)NC2CCC(C)C2)c1. The monoisotopic (exact) mass is 291 g/mol. The molecule has 0 saturated heterocycles. The van der Waals surface area contributed by atoms with Crippen LogP contribution in [0.25, 0.3) is 0 Å². The standard InChI is InChI=1S/C15H21N3OS/c1-10-6-7-14(8-10)18-15(20)17-13-5-3-4-12(9-13)16-11(2)19/h3-5,9-10,14H,6-8H2,1-2H3,(H,16,19)(H2,17,18,20). The first kappa shape index (κ1) is 14.8. The van der Waals surface area contributed by atoms with Crippen molar-refractivity contribution >= 4 is 34.6 Å². The highest BCUT2D eigenvalue weighted by Gasteiger charge is 2.21. The Balaban J connectivity index is 1.89. The van der Waals surface area contributed by atoms with Gasteiger partial charge in [-0.1, -0.05) is 13.0 Å². The molecule has 20 heavy (non-hydrogen) atoms. The molecule has 1 amide bonds. The summed E-state index contributed by atoms with van der Waals surface area (Å²) >= 11 is 5.33. The zero-order valence-electron chi connectivity index (χ0n) is 11.9. The van der Waals surface area contributed by atoms with Gasteiger partial charge in [-0.05, 0) is 55.6 Å². The van der Waals surface area contributed by atoms with Crippen LogP contribution in [0.3, 0.4) is 0 Å². The summed E-state index contributed by atoms with van der Waals surface area (Å²) < 4.78 is 0. The molecule has 1 aliphatic carbocycles. The smallest absolute Gasteiger partial charge is 0.221 e. The molecular weight excluding hydrogens is 270 g/mol. The second-order valence-electron chi connectivity index (χ2n) is 5.48. The Hall–Kier alpha value is -1.62. The van der Waals surface area contributed by atoms with Crippen LogP contribution < -0.4 is 16.0 Å². The number of nitrogens with one attached hydrogen (secondary N) is 3. The van der Waals surface area contributed by atoms with Crippen LogP contribution in [-0.4, -0.2) is 17.1 Å². The molecule has 1 aliphatic rings. The second-order valence-corrected chi connectivity index (χ2v) is 5.88. The van der Waals surface area contributed by atoms with Crippen LogP contribution in [0.1, 0.15) is 33.1 Å². The summed E-state index contributed by atoms with van der Waals surface area (Å²) in [5.74, 6) is 0.696. The molecular formula is C15H21N3OS. The molecule has 0 heterocycles. The predicted octanol–water partition coefficient (Wildman–Crippen LogP) is 3.12. The van der Waals surface area contributed by atoms with Crippen LogP contribution in [0.2, 0.25) is 0 Å². The Morgan fingerprint density at radius 3 is 2.55 bits per heavy atom. The van der Waals surface area contributed by atoms with E-state index in [0.29, 0.717) is 11.2 Å². The molecule has 1 fully saturated rings. The molecule has 4 nitrogen and oxygen atoms in total. The minimum atomic E-state index is -0.0807. The van der Waals surface area contributed by atoms with E-state index in [1.54, 1.807) is 0 Å². The number of benzene rings is 1. The van der Waals surface area contributed by atoms with Crippen molar-refractivity contribution in [1.82, 2.24) is 5.32 Å². The summed E-state index contributed by atoms with van der Waals surface area (Å²) in [6.07, 6.45) is 3.61. The molecule has 1 aromatic rings. The Bertz CT molecular complexity index is 504. The van der Waals surface area contributed by atoms with Gasteiger partial charge in [0, 0.05) is 24.3 Å². The highest BCUT2D eigenvalue weighted by Crippen LogP contribution is 2.24. The van der Waals surface area contributed by atoms with Gasteiger partial charge in [0.25, 0.3) is 0 Å². The molecule has 0 aliphatic heterocycles. The van der Waals surface area contributed by atoms with Gasteiger partial charge in [-0.3, -0.25) is 4.79 Å². The van der Waals surface area contributed by atoms with Crippen molar-refractivity contribution in [2.75, 3.05) is 10.6 Å². The van der Waals surface area contributed by atoms with E-state index >= 15 is 0 Å². The van der Waals surface area contributed by atoms with Gasteiger partial charge in [0.2, 0.25) is 5.91 Å². The van der Waals surface area contributed by atoms with E-state index in [-0.39, 0.29) is 5.91 Å². The Morgan fingerprint density at radius 2 is 1.95 bits per heavy atom. The summed E-state index contributed by atoms with van der Waals surface area (Å²) in [7, 11) is 0. The van der Waals surface area contributed by atoms with E-state index < -0.39 is 0 Å². The van der Waals surface area contributed by atoms with E-state index in [1.165, 1.54) is 26.2 Å². The zero-order chi connectivity index (χ0) is 14.5. The van der Waals surface area contributed by atoms with Gasteiger partial charge in [0.05, 0.1) is 0 Å². The average Bonchev–Trinajstić information content (AvgIpc) is 2.74. The molecule has 2 atom stereocenters. The van der Waals surface area contributed by atoms with E-state index in [9.17, 15) is 4.79 Å². The summed E-state index contributed by atoms with van der Waals surface area (Å²) in [4.78, 5) is 11.0. The Labute approximate surface area is 125 Å². The number of anilines is 2. The molecule has 2 rings (SSSR count). The number of hydrogen-bond donors (Lipinski definition) is 3. The summed E-state index contributed by atoms with van der Waals surface area (Å²) in [5, 5.41) is 9.91. The van der Waals surface area contributed by atoms with Gasteiger partial charge in [0.15, 0.2) is 5.11 Å². The first-order valence-electron chi connectivity index (χ1n) is 6.98.